The van der Waals surface area contributed by atoms with E-state index in [4.69, 9.17) is 10.6 Å². The Bertz CT molecular complexity index is 1690. The summed E-state index contributed by atoms with van der Waals surface area (Å²) in [5.41, 5.74) is 3.70. The number of carbonyl (C=O) groups excluding carboxylic acids is 3. The summed E-state index contributed by atoms with van der Waals surface area (Å²) in [5, 5.41) is 47.9. The van der Waals surface area contributed by atoms with E-state index in [1.54, 1.807) is 0 Å². The van der Waals surface area contributed by atoms with Crippen molar-refractivity contribution in [2.24, 2.45) is 5.16 Å². The number of nitrogens with zero attached hydrogens (tertiary/aromatic N) is 3. The molecule has 45 heavy (non-hydrogen) atoms. The van der Waals surface area contributed by atoms with Gasteiger partial charge in [-0.25, -0.2) is 14.6 Å². The van der Waals surface area contributed by atoms with Crippen molar-refractivity contribution in [2.75, 3.05) is 18.0 Å². The molecule has 2 aliphatic rings. The number of phenolic OH excluding ortho intramolecular Hbond substituents is 2. The van der Waals surface area contributed by atoms with Crippen molar-refractivity contribution < 1.29 is 49.2 Å². The number of anilines is 1. The number of nitrogen functional groups attached to an aromatic ring is 1. The third-order valence-corrected chi connectivity index (χ3v) is 9.08. The molecule has 0 unspecified atom stereocenters. The summed E-state index contributed by atoms with van der Waals surface area (Å²) < 4.78 is 0.413. The van der Waals surface area contributed by atoms with E-state index in [-0.39, 0.29) is 45.9 Å². The average molecular weight is 726 g/mol. The van der Waals surface area contributed by atoms with Crippen LogP contribution >= 0.6 is 39.0 Å². The van der Waals surface area contributed by atoms with Gasteiger partial charge in [0, 0.05) is 28.2 Å². The van der Waals surface area contributed by atoms with Gasteiger partial charge in [0.2, 0.25) is 11.5 Å². The van der Waals surface area contributed by atoms with Gasteiger partial charge >= 0.3 is 11.9 Å². The number of halogens is 1. The second-order valence-electron chi connectivity index (χ2n) is 9.95. The number of β-lactam (4-membered cyclic amide) rings is 1. The number of rotatable bonds is 11. The number of carboxylic acids is 2. The fraction of sp³-hybridized carbons (Fsp3) is 0.269. The molecule has 19 heteroatoms. The number of carbonyl (C=O) groups is 5. The smallest absolute Gasteiger partial charge is 0.352 e. The first kappa shape index (κ1) is 33.3. The summed E-state index contributed by atoms with van der Waals surface area (Å²) in [6.07, 6.45) is 2.52. The van der Waals surface area contributed by atoms with Crippen molar-refractivity contribution in [1.82, 2.24) is 20.5 Å². The third kappa shape index (κ3) is 7.21. The summed E-state index contributed by atoms with van der Waals surface area (Å²) in [6, 6.07) is 1.33. The van der Waals surface area contributed by atoms with Crippen LogP contribution in [0.3, 0.4) is 0 Å². The Kier molecular flexibility index (Phi) is 9.74. The average Bonchev–Trinajstić information content (AvgIpc) is 3.40. The number of aromatic hydroxyl groups is 2. The van der Waals surface area contributed by atoms with Crippen molar-refractivity contribution in [1.29, 1.82) is 0 Å². The molecule has 0 spiro atoms. The van der Waals surface area contributed by atoms with Crippen molar-refractivity contribution in [3.8, 4) is 11.5 Å². The zero-order chi connectivity index (χ0) is 33.2. The van der Waals surface area contributed by atoms with Gasteiger partial charge in [-0.2, -0.15) is 0 Å². The highest BCUT2D eigenvalue weighted by Gasteiger charge is 2.54. The molecular weight excluding hydrogens is 700 g/mol. The van der Waals surface area contributed by atoms with Crippen molar-refractivity contribution in [3.63, 3.8) is 0 Å². The lowest BCUT2D eigenvalue weighted by molar-refractivity contribution is -0.161. The molecule has 1 saturated heterocycles. The van der Waals surface area contributed by atoms with Crippen LogP contribution in [0.15, 0.2) is 44.5 Å². The van der Waals surface area contributed by atoms with Gasteiger partial charge in [-0.3, -0.25) is 19.3 Å². The minimum Gasteiger partial charge on any atom is -0.504 e. The number of benzene rings is 1. The molecular formula is C26H25BrN6O10S2. The fourth-order valence-corrected chi connectivity index (χ4v) is 6.30. The number of phenols is 2. The topological polar surface area (TPSA) is 254 Å². The third-order valence-electron chi connectivity index (χ3n) is 6.38. The van der Waals surface area contributed by atoms with Gasteiger partial charge in [0.1, 0.15) is 22.8 Å². The molecule has 1 aromatic heterocycles. The van der Waals surface area contributed by atoms with Crippen LogP contribution in [-0.4, -0.2) is 95.0 Å². The Hall–Kier alpha value is -4.62. The van der Waals surface area contributed by atoms with Gasteiger partial charge in [0.05, 0.1) is 0 Å². The molecule has 3 heterocycles. The molecule has 8 N–H and O–H groups in total. The van der Waals surface area contributed by atoms with Crippen LogP contribution in [0, 0.1) is 0 Å². The van der Waals surface area contributed by atoms with Crippen molar-refractivity contribution in [2.45, 2.75) is 30.9 Å². The molecule has 0 saturated carbocycles. The van der Waals surface area contributed by atoms with Gasteiger partial charge in [0.25, 0.3) is 11.8 Å². The molecule has 1 aromatic carbocycles. The Morgan fingerprint density at radius 2 is 1.93 bits per heavy atom. The number of hydrogen-bond acceptors (Lipinski definition) is 13. The monoisotopic (exact) mass is 724 g/mol. The lowest BCUT2D eigenvalue weighted by atomic mass is 10.0. The van der Waals surface area contributed by atoms with E-state index < -0.39 is 52.4 Å². The largest absolute Gasteiger partial charge is 0.504 e. The number of fused-ring (bicyclic) bond motifs is 1. The first-order valence-electron chi connectivity index (χ1n) is 12.7. The second kappa shape index (κ2) is 13.2. The maximum absolute atomic E-state index is 13.2. The van der Waals surface area contributed by atoms with Crippen LogP contribution < -0.4 is 16.4 Å². The number of carboxylic acid groups (broad SMARTS) is 2. The van der Waals surface area contributed by atoms with Gasteiger partial charge in [-0.1, -0.05) is 21.1 Å². The molecule has 2 atom stereocenters. The number of nitrogens with one attached hydrogen (secondary N) is 2. The highest BCUT2D eigenvalue weighted by Crippen LogP contribution is 2.40. The predicted octanol–water partition coefficient (Wildman–Crippen LogP) is 1.05. The van der Waals surface area contributed by atoms with Crippen LogP contribution in [0.1, 0.15) is 25.1 Å². The van der Waals surface area contributed by atoms with Gasteiger partial charge in [-0.15, -0.1) is 23.1 Å². The van der Waals surface area contributed by atoms with E-state index in [0.717, 1.165) is 34.1 Å². The molecule has 0 radical (unpaired) electrons. The first-order chi connectivity index (χ1) is 21.1. The Morgan fingerprint density at radius 3 is 2.56 bits per heavy atom. The summed E-state index contributed by atoms with van der Waals surface area (Å²) >= 11 is 5.35. The van der Waals surface area contributed by atoms with Gasteiger partial charge in [-0.05, 0) is 43.2 Å². The summed E-state index contributed by atoms with van der Waals surface area (Å²) in [5.74, 6) is -5.66. The van der Waals surface area contributed by atoms with Crippen molar-refractivity contribution in [3.05, 3.63) is 50.6 Å². The minimum absolute atomic E-state index is 0.0242. The Balaban J connectivity index is 1.46. The number of amides is 3. The second-order valence-corrected chi connectivity index (χ2v) is 12.8. The van der Waals surface area contributed by atoms with E-state index in [1.165, 1.54) is 37.4 Å². The van der Waals surface area contributed by atoms with E-state index in [0.29, 0.717) is 10.0 Å². The number of hydrogen-bond donors (Lipinski definition) is 7. The highest BCUT2D eigenvalue weighted by atomic mass is 79.9. The standard InChI is InChI=1S/C26H25BrN6O10S2/c1-26(2,24(41)42)43-32-17(13-9-45-25(28)30-13)20(37)31-18-21(38)33-19(23(39)40)11(8-44-22(18)33)7-29-16(36)4-3-10-5-14(34)15(35)6-12(10)27/h3-6,9,18,22,34-35H,7-8H2,1-2H3,(H2,28,30)(H,29,36)(H,31,37)(H,39,40)(H,41,42)/b4-3+,32-17-/t18-,22-/m1/s1. The van der Waals surface area contributed by atoms with E-state index in [1.807, 2.05) is 0 Å². The zero-order valence-corrected chi connectivity index (χ0v) is 26.5. The maximum Gasteiger partial charge on any atom is 0.352 e. The summed E-state index contributed by atoms with van der Waals surface area (Å²) in [4.78, 5) is 72.4. The Morgan fingerprint density at radius 1 is 1.24 bits per heavy atom. The van der Waals surface area contributed by atoms with E-state index in [9.17, 15) is 44.4 Å². The SMILES string of the molecule is CC(C)(O/N=C(\C(=O)N[C@@H]1C(=O)N2C(C(=O)O)=C(CNC(=O)/C=C/c3cc(O)c(O)cc3Br)CS[C@H]12)c1csc(N)n1)C(=O)O. The van der Waals surface area contributed by atoms with Crippen molar-refractivity contribution >= 4 is 85.6 Å². The van der Waals surface area contributed by atoms with E-state index in [2.05, 4.69) is 36.7 Å². The lowest BCUT2D eigenvalue weighted by Gasteiger charge is -2.49. The first-order valence-corrected chi connectivity index (χ1v) is 15.4. The quantitative estimate of drug-likeness (QED) is 0.0563. The van der Waals surface area contributed by atoms with Crippen LogP contribution in [0.4, 0.5) is 5.13 Å². The number of thioether (sulfide) groups is 1. The number of oxime groups is 1. The lowest BCUT2D eigenvalue weighted by Crippen LogP contribution is -2.71. The highest BCUT2D eigenvalue weighted by molar-refractivity contribution is 9.10. The molecule has 16 nitrogen and oxygen atoms in total. The minimum atomic E-state index is -1.80. The molecule has 1 fully saturated rings. The van der Waals surface area contributed by atoms with E-state index >= 15 is 0 Å². The molecule has 2 aromatic rings. The fourth-order valence-electron chi connectivity index (χ4n) is 3.94. The molecule has 238 valence electrons. The van der Waals surface area contributed by atoms with Gasteiger partial charge in [0.15, 0.2) is 22.3 Å². The molecule has 4 rings (SSSR count). The Labute approximate surface area is 270 Å². The predicted molar refractivity (Wildman–Crippen MR) is 165 cm³/mol. The molecule has 2 aliphatic heterocycles. The molecule has 0 bridgehead atoms. The number of thiazole rings is 1. The van der Waals surface area contributed by atoms with Gasteiger partial charge < -0.3 is 41.6 Å². The van der Waals surface area contributed by atoms with Crippen LogP contribution in [0.5, 0.6) is 11.5 Å². The van der Waals surface area contributed by atoms with Crippen LogP contribution in [0.25, 0.3) is 6.08 Å². The van der Waals surface area contributed by atoms with Crippen LogP contribution in [0.2, 0.25) is 0 Å². The molecule has 3 amide bonds. The van der Waals surface area contributed by atoms with Crippen LogP contribution in [-0.2, 0) is 28.8 Å². The zero-order valence-electron chi connectivity index (χ0n) is 23.3. The maximum atomic E-state index is 13.2. The normalized spacial score (nSPS) is 18.3. The summed E-state index contributed by atoms with van der Waals surface area (Å²) in [7, 11) is 0. The molecule has 0 aliphatic carbocycles. The number of aromatic nitrogens is 1. The summed E-state index contributed by atoms with van der Waals surface area (Å²) in [6.45, 7) is 2.23. The number of aliphatic carboxylic acids is 2. The number of nitrogens with two attached hydrogens (primary N) is 1.